The molecule has 2 aliphatic carbocycles. The first-order valence-corrected chi connectivity index (χ1v) is 5.67. The SMILES string of the molecule is CN(N=O)C1=CC(=O)C2(C)CCC1C2(C)C. The summed E-state index contributed by atoms with van der Waals surface area (Å²) in [4.78, 5) is 22.8. The summed E-state index contributed by atoms with van der Waals surface area (Å²) >= 11 is 0. The molecule has 4 nitrogen and oxygen atoms in total. The molecule has 0 N–H and O–H groups in total. The molecule has 1 saturated carbocycles. The molecule has 16 heavy (non-hydrogen) atoms. The molecule has 0 aromatic rings. The topological polar surface area (TPSA) is 49.7 Å². The van der Waals surface area contributed by atoms with Crippen LogP contribution in [0.3, 0.4) is 0 Å². The maximum absolute atomic E-state index is 12.2. The van der Waals surface area contributed by atoms with Gasteiger partial charge in [-0.3, -0.25) is 4.79 Å². The predicted molar refractivity (Wildman–Crippen MR) is 61.3 cm³/mol. The van der Waals surface area contributed by atoms with E-state index in [2.05, 4.69) is 19.1 Å². The van der Waals surface area contributed by atoms with Crippen molar-refractivity contribution >= 4 is 5.78 Å². The summed E-state index contributed by atoms with van der Waals surface area (Å²) in [6.45, 7) is 6.28. The highest BCUT2D eigenvalue weighted by atomic mass is 16.3. The first kappa shape index (κ1) is 11.3. The third-order valence-corrected chi connectivity index (χ3v) is 4.90. The Kier molecular flexibility index (Phi) is 2.23. The Morgan fingerprint density at radius 2 is 2.06 bits per heavy atom. The van der Waals surface area contributed by atoms with Crippen molar-refractivity contribution in [2.75, 3.05) is 7.05 Å². The second-order valence-corrected chi connectivity index (χ2v) is 5.68. The van der Waals surface area contributed by atoms with Gasteiger partial charge < -0.3 is 0 Å². The number of nitrogens with zero attached hydrogens (tertiary/aromatic N) is 2. The highest BCUT2D eigenvalue weighted by Gasteiger charge is 2.59. The molecule has 2 atom stereocenters. The molecule has 0 aliphatic heterocycles. The molecule has 0 heterocycles. The van der Waals surface area contributed by atoms with Crippen LogP contribution in [0, 0.1) is 21.7 Å². The summed E-state index contributed by atoms with van der Waals surface area (Å²) in [6, 6.07) is 0. The Labute approximate surface area is 95.6 Å². The molecular formula is C12H18N2O2. The largest absolute Gasteiger partial charge is 0.294 e. The lowest BCUT2D eigenvalue weighted by molar-refractivity contribution is -0.129. The van der Waals surface area contributed by atoms with Gasteiger partial charge >= 0.3 is 0 Å². The third-order valence-electron chi connectivity index (χ3n) is 4.90. The Morgan fingerprint density at radius 3 is 2.62 bits per heavy atom. The minimum atomic E-state index is -0.273. The van der Waals surface area contributed by atoms with E-state index in [1.54, 1.807) is 13.1 Å². The van der Waals surface area contributed by atoms with Gasteiger partial charge in [0.15, 0.2) is 5.78 Å². The zero-order valence-electron chi connectivity index (χ0n) is 10.3. The van der Waals surface area contributed by atoms with Gasteiger partial charge in [-0.05, 0) is 18.3 Å². The van der Waals surface area contributed by atoms with Crippen molar-refractivity contribution in [3.8, 4) is 0 Å². The van der Waals surface area contributed by atoms with Crippen molar-refractivity contribution in [2.24, 2.45) is 22.0 Å². The van der Waals surface area contributed by atoms with Crippen LogP contribution in [0.15, 0.2) is 17.1 Å². The van der Waals surface area contributed by atoms with E-state index in [4.69, 9.17) is 0 Å². The fourth-order valence-corrected chi connectivity index (χ4v) is 3.22. The fraction of sp³-hybridized carbons (Fsp3) is 0.750. The smallest absolute Gasteiger partial charge is 0.163 e. The number of hydrogen-bond donors (Lipinski definition) is 0. The van der Waals surface area contributed by atoms with Crippen LogP contribution >= 0.6 is 0 Å². The van der Waals surface area contributed by atoms with Gasteiger partial charge in [0.1, 0.15) is 0 Å². The van der Waals surface area contributed by atoms with Crippen molar-refractivity contribution < 1.29 is 4.79 Å². The molecule has 2 unspecified atom stereocenters. The molecule has 0 saturated heterocycles. The predicted octanol–water partition coefficient (Wildman–Crippen LogP) is 2.51. The fourth-order valence-electron chi connectivity index (χ4n) is 3.22. The first-order valence-electron chi connectivity index (χ1n) is 5.67. The average molecular weight is 222 g/mol. The number of fused-ring (bicyclic) bond motifs is 2. The lowest BCUT2D eigenvalue weighted by Crippen LogP contribution is -2.45. The van der Waals surface area contributed by atoms with Gasteiger partial charge in [0, 0.05) is 30.2 Å². The standard InChI is InChI=1S/C12H18N2O2/c1-11(2)8-5-6-12(11,3)10(15)7-9(8)14(4)13-16/h7-8H,5-6H2,1-4H3. The van der Waals surface area contributed by atoms with Gasteiger partial charge in [0.05, 0.1) is 5.29 Å². The van der Waals surface area contributed by atoms with Crippen LogP contribution in [-0.4, -0.2) is 17.8 Å². The van der Waals surface area contributed by atoms with Gasteiger partial charge in [-0.1, -0.05) is 20.8 Å². The number of ketones is 1. The molecule has 88 valence electrons. The molecule has 0 aromatic carbocycles. The molecule has 2 rings (SSSR count). The average Bonchev–Trinajstić information content (AvgIpc) is 2.38. The maximum atomic E-state index is 12.2. The zero-order chi connectivity index (χ0) is 12.1. The number of nitroso groups, excluding NO2 is 1. The highest BCUT2D eigenvalue weighted by Crippen LogP contribution is 2.61. The summed E-state index contributed by atoms with van der Waals surface area (Å²) < 4.78 is 0. The van der Waals surface area contributed by atoms with Gasteiger partial charge in [-0.25, -0.2) is 5.01 Å². The lowest BCUT2D eigenvalue weighted by atomic mass is 9.60. The molecule has 0 radical (unpaired) electrons. The first-order chi connectivity index (χ1) is 7.34. The van der Waals surface area contributed by atoms with E-state index in [0.29, 0.717) is 0 Å². The molecule has 2 aliphatic rings. The van der Waals surface area contributed by atoms with E-state index in [0.717, 1.165) is 18.5 Å². The van der Waals surface area contributed by atoms with E-state index in [1.807, 2.05) is 6.92 Å². The van der Waals surface area contributed by atoms with Crippen molar-refractivity contribution in [3.05, 3.63) is 16.7 Å². The van der Waals surface area contributed by atoms with Crippen molar-refractivity contribution in [1.82, 2.24) is 5.01 Å². The molecule has 0 aromatic heterocycles. The number of allylic oxidation sites excluding steroid dienone is 2. The number of hydrogen-bond acceptors (Lipinski definition) is 3. The Hall–Kier alpha value is -1.19. The number of carbonyl (C=O) groups is 1. The molecule has 1 fully saturated rings. The van der Waals surface area contributed by atoms with Gasteiger partial charge in [-0.15, -0.1) is 4.91 Å². The van der Waals surface area contributed by atoms with Crippen molar-refractivity contribution in [3.63, 3.8) is 0 Å². The second kappa shape index (κ2) is 3.15. The van der Waals surface area contributed by atoms with Crippen LogP contribution < -0.4 is 0 Å². The van der Waals surface area contributed by atoms with Gasteiger partial charge in [0.25, 0.3) is 0 Å². The molecule has 0 spiro atoms. The van der Waals surface area contributed by atoms with Gasteiger partial charge in [0.2, 0.25) is 0 Å². The minimum Gasteiger partial charge on any atom is -0.294 e. The van der Waals surface area contributed by atoms with Crippen LogP contribution in [-0.2, 0) is 4.79 Å². The van der Waals surface area contributed by atoms with E-state index >= 15 is 0 Å². The van der Waals surface area contributed by atoms with Crippen LogP contribution in [0.2, 0.25) is 0 Å². The third kappa shape index (κ3) is 1.13. The van der Waals surface area contributed by atoms with E-state index in [9.17, 15) is 9.70 Å². The zero-order valence-corrected chi connectivity index (χ0v) is 10.3. The second-order valence-electron chi connectivity index (χ2n) is 5.68. The van der Waals surface area contributed by atoms with Gasteiger partial charge in [-0.2, -0.15) is 0 Å². The number of rotatable bonds is 2. The summed E-state index contributed by atoms with van der Waals surface area (Å²) in [5.74, 6) is 0.398. The van der Waals surface area contributed by atoms with Crippen LogP contribution in [0.1, 0.15) is 33.6 Å². The normalized spacial score (nSPS) is 35.9. The van der Waals surface area contributed by atoms with Crippen LogP contribution in [0.25, 0.3) is 0 Å². The quantitative estimate of drug-likeness (QED) is 0.533. The minimum absolute atomic E-state index is 0.0902. The molecule has 2 bridgehead atoms. The van der Waals surface area contributed by atoms with E-state index < -0.39 is 0 Å². The monoisotopic (exact) mass is 222 g/mol. The summed E-state index contributed by atoms with van der Waals surface area (Å²) in [5.41, 5.74) is 0.415. The maximum Gasteiger partial charge on any atom is 0.163 e. The van der Waals surface area contributed by atoms with E-state index in [-0.39, 0.29) is 22.5 Å². The van der Waals surface area contributed by atoms with E-state index in [1.165, 1.54) is 5.01 Å². The number of carbonyl (C=O) groups excluding carboxylic acids is 1. The van der Waals surface area contributed by atoms with Crippen LogP contribution in [0.4, 0.5) is 0 Å². The Bertz CT molecular complexity index is 386. The molecule has 0 amide bonds. The van der Waals surface area contributed by atoms with Crippen molar-refractivity contribution in [2.45, 2.75) is 33.6 Å². The van der Waals surface area contributed by atoms with Crippen LogP contribution in [0.5, 0.6) is 0 Å². The molecular weight excluding hydrogens is 204 g/mol. The summed E-state index contributed by atoms with van der Waals surface area (Å²) in [5, 5.41) is 4.22. The summed E-state index contributed by atoms with van der Waals surface area (Å²) in [6.07, 6.45) is 3.47. The Morgan fingerprint density at radius 1 is 1.44 bits per heavy atom. The molecule has 4 heteroatoms. The highest BCUT2D eigenvalue weighted by molar-refractivity contribution is 5.97. The van der Waals surface area contributed by atoms with Crippen molar-refractivity contribution in [1.29, 1.82) is 0 Å². The Balaban J connectivity index is 2.51. The summed E-state index contributed by atoms with van der Waals surface area (Å²) in [7, 11) is 1.61. The lowest BCUT2D eigenvalue weighted by Gasteiger charge is -2.44.